The Labute approximate surface area is 186 Å². The van der Waals surface area contributed by atoms with E-state index < -0.39 is 17.8 Å². The van der Waals surface area contributed by atoms with Gasteiger partial charge in [0.05, 0.1) is 30.0 Å². The lowest BCUT2D eigenvalue weighted by atomic mass is 9.78. The number of nitrogens with one attached hydrogen (secondary N) is 2. The van der Waals surface area contributed by atoms with Gasteiger partial charge >= 0.3 is 5.97 Å². The number of aromatic amines is 1. The van der Waals surface area contributed by atoms with Crippen LogP contribution in [0, 0.1) is 28.6 Å². The number of carbonyl (C=O) groups excluding carboxylic acids is 1. The average Bonchev–Trinajstić information content (AvgIpc) is 3.21. The Kier molecular flexibility index (Phi) is 5.78. The number of rotatable bonds is 5. The van der Waals surface area contributed by atoms with Crippen molar-refractivity contribution in [2.75, 3.05) is 7.11 Å². The third kappa shape index (κ3) is 3.87. The van der Waals surface area contributed by atoms with Crippen molar-refractivity contribution in [3.05, 3.63) is 70.8 Å². The molecule has 1 aliphatic rings. The van der Waals surface area contributed by atoms with Crippen LogP contribution < -0.4 is 4.74 Å². The Morgan fingerprint density at radius 1 is 1.22 bits per heavy atom. The van der Waals surface area contributed by atoms with Crippen LogP contribution in [0.2, 0.25) is 0 Å². The summed E-state index contributed by atoms with van der Waals surface area (Å²) in [6.07, 6.45) is 0.993. The normalized spacial score (nSPS) is 17.4. The lowest BCUT2D eigenvalue weighted by Gasteiger charge is -2.28. The van der Waals surface area contributed by atoms with Gasteiger partial charge in [-0.15, -0.1) is 5.10 Å². The van der Waals surface area contributed by atoms with E-state index in [2.05, 4.69) is 42.2 Å². The zero-order valence-corrected chi connectivity index (χ0v) is 18.2. The minimum absolute atomic E-state index is 0.146. The maximum atomic E-state index is 11.8. The molecule has 2 heterocycles. The highest BCUT2D eigenvalue weighted by Gasteiger charge is 2.40. The number of fused-ring (bicyclic) bond motifs is 1. The molecule has 0 saturated heterocycles. The van der Waals surface area contributed by atoms with E-state index in [1.807, 2.05) is 12.1 Å². The number of nitriles is 1. The summed E-state index contributed by atoms with van der Waals surface area (Å²) in [7, 11) is 1.33. The van der Waals surface area contributed by atoms with Gasteiger partial charge in [0.2, 0.25) is 11.8 Å². The second-order valence-electron chi connectivity index (χ2n) is 8.28. The quantitative estimate of drug-likeness (QED) is 0.572. The molecule has 3 aromatic rings. The summed E-state index contributed by atoms with van der Waals surface area (Å²) in [5.74, 6) is -1.000. The summed E-state index contributed by atoms with van der Waals surface area (Å²) in [5.41, 5.74) is 4.87. The fourth-order valence-electron chi connectivity index (χ4n) is 4.12. The number of hydrogen-bond donors (Lipinski definition) is 2. The van der Waals surface area contributed by atoms with E-state index in [9.17, 15) is 10.1 Å². The van der Waals surface area contributed by atoms with Crippen molar-refractivity contribution in [1.29, 1.82) is 10.7 Å². The first-order valence-electron chi connectivity index (χ1n) is 10.4. The summed E-state index contributed by atoms with van der Waals surface area (Å²) in [4.78, 5) is 11.8. The molecule has 1 aliphatic heterocycles. The highest BCUT2D eigenvalue weighted by Crippen LogP contribution is 2.45. The number of nitrogens with zero attached hydrogens (tertiary/aromatic N) is 2. The van der Waals surface area contributed by atoms with Crippen LogP contribution in [0.1, 0.15) is 46.8 Å². The van der Waals surface area contributed by atoms with Crippen molar-refractivity contribution in [3.63, 3.8) is 0 Å². The number of benzene rings is 2. The smallest absolute Gasteiger partial charge is 0.337 e. The topological polar surface area (TPSA) is 112 Å². The molecule has 0 radical (unpaired) electrons. The van der Waals surface area contributed by atoms with Gasteiger partial charge in [-0.3, -0.25) is 10.5 Å². The molecule has 0 spiro atoms. The van der Waals surface area contributed by atoms with Crippen LogP contribution in [0.3, 0.4) is 0 Å². The third-order valence-electron chi connectivity index (χ3n) is 5.62. The highest BCUT2D eigenvalue weighted by molar-refractivity contribution is 5.90. The van der Waals surface area contributed by atoms with E-state index in [0.29, 0.717) is 17.4 Å². The van der Waals surface area contributed by atoms with E-state index in [1.165, 1.54) is 12.7 Å². The van der Waals surface area contributed by atoms with Gasteiger partial charge in [-0.2, -0.15) is 5.26 Å². The fourth-order valence-corrected chi connectivity index (χ4v) is 4.12. The van der Waals surface area contributed by atoms with E-state index in [-0.39, 0.29) is 5.90 Å². The van der Waals surface area contributed by atoms with E-state index in [1.54, 1.807) is 24.3 Å². The van der Waals surface area contributed by atoms with Crippen molar-refractivity contribution in [1.82, 2.24) is 10.2 Å². The van der Waals surface area contributed by atoms with Gasteiger partial charge in [0.25, 0.3) is 0 Å². The monoisotopic (exact) mass is 428 g/mol. The summed E-state index contributed by atoms with van der Waals surface area (Å²) in [6, 6.07) is 17.3. The minimum Gasteiger partial charge on any atom is -0.465 e. The van der Waals surface area contributed by atoms with Crippen LogP contribution in [0.5, 0.6) is 5.88 Å². The lowest BCUT2D eigenvalue weighted by Crippen LogP contribution is -2.30. The Balaban J connectivity index is 1.79. The summed E-state index contributed by atoms with van der Waals surface area (Å²) in [5, 5.41) is 25.4. The van der Waals surface area contributed by atoms with Crippen LogP contribution in [0.25, 0.3) is 11.3 Å². The molecule has 162 valence electrons. The largest absolute Gasteiger partial charge is 0.465 e. The number of ether oxygens (including phenoxy) is 2. The first-order valence-corrected chi connectivity index (χ1v) is 10.4. The molecule has 1 aromatic heterocycles. The number of methoxy groups -OCH3 is 1. The molecular formula is C25H24N4O3. The van der Waals surface area contributed by atoms with Crippen molar-refractivity contribution in [3.8, 4) is 23.2 Å². The maximum absolute atomic E-state index is 11.8. The van der Waals surface area contributed by atoms with E-state index in [4.69, 9.17) is 14.9 Å². The third-order valence-corrected chi connectivity index (χ3v) is 5.62. The molecule has 4 rings (SSSR count). The molecular weight excluding hydrogens is 404 g/mol. The van der Waals surface area contributed by atoms with Gasteiger partial charge in [-0.05, 0) is 41.2 Å². The van der Waals surface area contributed by atoms with Gasteiger partial charge < -0.3 is 9.47 Å². The molecule has 2 atom stereocenters. The van der Waals surface area contributed by atoms with Crippen LogP contribution in [0.4, 0.5) is 0 Å². The Morgan fingerprint density at radius 3 is 2.50 bits per heavy atom. The number of esters is 1. The Bertz CT molecular complexity index is 1190. The Hall–Kier alpha value is -3.92. The predicted octanol–water partition coefficient (Wildman–Crippen LogP) is 4.70. The van der Waals surface area contributed by atoms with Crippen LogP contribution in [0.15, 0.2) is 48.5 Å². The first-order chi connectivity index (χ1) is 15.4. The van der Waals surface area contributed by atoms with Crippen LogP contribution >= 0.6 is 0 Å². The summed E-state index contributed by atoms with van der Waals surface area (Å²) >= 11 is 0. The molecule has 32 heavy (non-hydrogen) atoms. The second-order valence-corrected chi connectivity index (χ2v) is 8.28. The summed E-state index contributed by atoms with van der Waals surface area (Å²) in [6.45, 7) is 4.37. The second kappa shape index (κ2) is 8.67. The molecule has 2 N–H and O–H groups in total. The standard InChI is InChI=1S/C25H24N4O3/c1-14(2)12-15-4-6-17(7-5-15)22-21-20(16-8-10-18(11-9-16)25(30)31-3)19(13-26)23(27)32-24(21)29-28-22/h4-11,14,19-20,27H,12H2,1-3H3,(H,28,29). The van der Waals surface area contributed by atoms with Crippen molar-refractivity contribution in [2.45, 2.75) is 26.2 Å². The van der Waals surface area contributed by atoms with Gasteiger partial charge in [0, 0.05) is 5.92 Å². The average molecular weight is 428 g/mol. The number of aromatic nitrogens is 2. The molecule has 0 fully saturated rings. The summed E-state index contributed by atoms with van der Waals surface area (Å²) < 4.78 is 10.4. The zero-order chi connectivity index (χ0) is 22.8. The number of carbonyl (C=O) groups is 1. The predicted molar refractivity (Wildman–Crippen MR) is 120 cm³/mol. The van der Waals surface area contributed by atoms with Crippen molar-refractivity contribution >= 4 is 11.9 Å². The van der Waals surface area contributed by atoms with Gasteiger partial charge in [0.1, 0.15) is 5.92 Å². The van der Waals surface area contributed by atoms with Gasteiger partial charge in [0.15, 0.2) is 0 Å². The van der Waals surface area contributed by atoms with Gasteiger partial charge in [-0.25, -0.2) is 4.79 Å². The van der Waals surface area contributed by atoms with E-state index >= 15 is 0 Å². The lowest BCUT2D eigenvalue weighted by molar-refractivity contribution is 0.0600. The number of hydrogen-bond acceptors (Lipinski definition) is 6. The minimum atomic E-state index is -0.817. The molecule has 7 heteroatoms. The van der Waals surface area contributed by atoms with E-state index in [0.717, 1.165) is 28.8 Å². The van der Waals surface area contributed by atoms with Crippen LogP contribution in [-0.4, -0.2) is 29.2 Å². The highest BCUT2D eigenvalue weighted by atomic mass is 16.5. The molecule has 2 unspecified atom stereocenters. The zero-order valence-electron chi connectivity index (χ0n) is 18.2. The number of H-pyrrole nitrogens is 1. The molecule has 2 aromatic carbocycles. The molecule has 0 saturated carbocycles. The fraction of sp³-hybridized carbons (Fsp3) is 0.280. The maximum Gasteiger partial charge on any atom is 0.337 e. The molecule has 0 amide bonds. The Morgan fingerprint density at radius 2 is 1.91 bits per heavy atom. The van der Waals surface area contributed by atoms with Crippen molar-refractivity contribution in [2.24, 2.45) is 11.8 Å². The molecule has 0 aliphatic carbocycles. The van der Waals surface area contributed by atoms with Crippen molar-refractivity contribution < 1.29 is 14.3 Å². The van der Waals surface area contributed by atoms with Crippen LogP contribution in [-0.2, 0) is 11.2 Å². The van der Waals surface area contributed by atoms with Gasteiger partial charge in [-0.1, -0.05) is 50.2 Å². The molecule has 7 nitrogen and oxygen atoms in total. The molecule has 0 bridgehead atoms. The SMILES string of the molecule is COC(=O)c1ccc(C2c3c(n[nH]c3-c3ccc(CC(C)C)cc3)OC(=N)C2C#N)cc1. The first kappa shape index (κ1) is 21.3.